The van der Waals surface area contributed by atoms with Crippen LogP contribution in [0.1, 0.15) is 28.0 Å². The quantitative estimate of drug-likeness (QED) is 0.639. The fourth-order valence-corrected chi connectivity index (χ4v) is 2.86. The fourth-order valence-electron chi connectivity index (χ4n) is 2.86. The lowest BCUT2D eigenvalue weighted by Crippen LogP contribution is -2.28. The molecular weight excluding hydrogens is 397 g/mol. The Morgan fingerprint density at radius 3 is 2.40 bits per heavy atom. The second-order valence-electron chi connectivity index (χ2n) is 6.52. The largest absolute Gasteiger partial charge is 0.418 e. The summed E-state index contributed by atoms with van der Waals surface area (Å²) in [6.07, 6.45) is -4.62. The number of aryl methyl sites for hydroxylation is 1. The molecular formula is C21H19F3N4O2. The molecule has 0 aliphatic heterocycles. The van der Waals surface area contributed by atoms with E-state index in [0.29, 0.717) is 11.3 Å². The van der Waals surface area contributed by atoms with Gasteiger partial charge in [0.1, 0.15) is 5.82 Å². The number of hydrogen-bond acceptors (Lipinski definition) is 3. The summed E-state index contributed by atoms with van der Waals surface area (Å²) in [4.78, 5) is 24.3. The van der Waals surface area contributed by atoms with Crippen molar-refractivity contribution in [3.63, 3.8) is 0 Å². The van der Waals surface area contributed by atoms with Crippen LogP contribution in [0, 0.1) is 6.92 Å². The first kappa shape index (κ1) is 21.1. The molecule has 30 heavy (non-hydrogen) atoms. The van der Waals surface area contributed by atoms with Crippen molar-refractivity contribution in [1.29, 1.82) is 0 Å². The van der Waals surface area contributed by atoms with Gasteiger partial charge in [-0.25, -0.2) is 4.68 Å². The maximum Gasteiger partial charge on any atom is 0.418 e. The Balaban J connectivity index is 1.69. The third-order valence-electron chi connectivity index (χ3n) is 4.21. The molecule has 0 bridgehead atoms. The van der Waals surface area contributed by atoms with Crippen molar-refractivity contribution in [1.82, 2.24) is 15.1 Å². The minimum absolute atomic E-state index is 0.0519. The molecule has 6 nitrogen and oxygen atoms in total. The third-order valence-corrected chi connectivity index (χ3v) is 4.21. The molecule has 0 fully saturated rings. The fraction of sp³-hybridized carbons (Fsp3) is 0.190. The molecule has 3 aromatic rings. The topological polar surface area (TPSA) is 76.0 Å². The predicted molar refractivity (Wildman–Crippen MR) is 105 cm³/mol. The Bertz CT molecular complexity index is 1050. The maximum atomic E-state index is 13.3. The van der Waals surface area contributed by atoms with Crippen LogP contribution in [0.2, 0.25) is 0 Å². The molecule has 0 aliphatic carbocycles. The summed E-state index contributed by atoms with van der Waals surface area (Å²) in [5, 5.41) is 9.28. The third kappa shape index (κ3) is 5.05. The van der Waals surface area contributed by atoms with Gasteiger partial charge in [0.25, 0.3) is 5.91 Å². The average Bonchev–Trinajstić information content (AvgIpc) is 3.07. The van der Waals surface area contributed by atoms with Crippen LogP contribution in [-0.4, -0.2) is 28.1 Å². The molecule has 2 amide bonds. The number of nitrogens with one attached hydrogen (secondary N) is 2. The van der Waals surface area contributed by atoms with Gasteiger partial charge in [0.2, 0.25) is 5.91 Å². The van der Waals surface area contributed by atoms with Crippen LogP contribution in [0.3, 0.4) is 0 Å². The molecule has 0 radical (unpaired) electrons. The smallest absolute Gasteiger partial charge is 0.352 e. The first-order valence-corrected chi connectivity index (χ1v) is 9.12. The van der Waals surface area contributed by atoms with Crippen molar-refractivity contribution in [2.75, 3.05) is 11.9 Å². The Kier molecular flexibility index (Phi) is 6.20. The molecule has 1 aromatic heterocycles. The molecule has 9 heteroatoms. The summed E-state index contributed by atoms with van der Waals surface area (Å²) < 4.78 is 41.1. The van der Waals surface area contributed by atoms with Crippen molar-refractivity contribution >= 4 is 17.6 Å². The van der Waals surface area contributed by atoms with Crippen LogP contribution >= 0.6 is 0 Å². The molecule has 2 aromatic carbocycles. The standard InChI is InChI=1S/C21H19F3N4O2/c1-14-13-18(28(27-14)17-10-6-5-9-16(17)21(22,23)24)26-19(29)11-12-25-20(30)15-7-3-2-4-8-15/h2-10,13H,11-12H2,1H3,(H,25,30)(H,26,29). The highest BCUT2D eigenvalue weighted by Gasteiger charge is 2.34. The Labute approximate surface area is 170 Å². The highest BCUT2D eigenvalue weighted by atomic mass is 19.4. The molecule has 0 spiro atoms. The van der Waals surface area contributed by atoms with Crippen LogP contribution in [0.25, 0.3) is 5.69 Å². The number of alkyl halides is 3. The summed E-state index contributed by atoms with van der Waals surface area (Å²) in [6, 6.07) is 15.0. The lowest BCUT2D eigenvalue weighted by Gasteiger charge is -2.15. The first-order chi connectivity index (χ1) is 14.3. The minimum atomic E-state index is -4.57. The van der Waals surface area contributed by atoms with E-state index in [-0.39, 0.29) is 30.4 Å². The summed E-state index contributed by atoms with van der Waals surface area (Å²) >= 11 is 0. The zero-order valence-corrected chi connectivity index (χ0v) is 16.0. The van der Waals surface area contributed by atoms with Crippen molar-refractivity contribution in [2.45, 2.75) is 19.5 Å². The number of para-hydroxylation sites is 1. The monoisotopic (exact) mass is 416 g/mol. The van der Waals surface area contributed by atoms with E-state index < -0.39 is 17.6 Å². The normalized spacial score (nSPS) is 11.2. The molecule has 156 valence electrons. The van der Waals surface area contributed by atoms with E-state index in [9.17, 15) is 22.8 Å². The molecule has 0 atom stereocenters. The molecule has 0 saturated carbocycles. The number of benzene rings is 2. The van der Waals surface area contributed by atoms with Gasteiger partial charge in [-0.1, -0.05) is 30.3 Å². The van der Waals surface area contributed by atoms with Gasteiger partial charge in [0.05, 0.1) is 16.9 Å². The number of nitrogens with zero attached hydrogens (tertiary/aromatic N) is 2. The number of hydrogen-bond donors (Lipinski definition) is 2. The van der Waals surface area contributed by atoms with Gasteiger partial charge in [-0.2, -0.15) is 18.3 Å². The van der Waals surface area contributed by atoms with E-state index >= 15 is 0 Å². The number of anilines is 1. The van der Waals surface area contributed by atoms with Gasteiger partial charge in [0, 0.05) is 24.6 Å². The van der Waals surface area contributed by atoms with Gasteiger partial charge < -0.3 is 10.6 Å². The van der Waals surface area contributed by atoms with Crippen molar-refractivity contribution in [3.05, 3.63) is 77.5 Å². The van der Waals surface area contributed by atoms with Crippen molar-refractivity contribution < 1.29 is 22.8 Å². The van der Waals surface area contributed by atoms with Gasteiger partial charge in [-0.15, -0.1) is 0 Å². The number of carbonyl (C=O) groups excluding carboxylic acids is 2. The van der Waals surface area contributed by atoms with Crippen LogP contribution in [-0.2, 0) is 11.0 Å². The van der Waals surface area contributed by atoms with E-state index in [1.807, 2.05) is 0 Å². The van der Waals surface area contributed by atoms with E-state index in [4.69, 9.17) is 0 Å². The Morgan fingerprint density at radius 2 is 1.70 bits per heavy atom. The zero-order valence-electron chi connectivity index (χ0n) is 16.0. The summed E-state index contributed by atoms with van der Waals surface area (Å²) in [7, 11) is 0. The number of aromatic nitrogens is 2. The molecule has 1 heterocycles. The van der Waals surface area contributed by atoms with Crippen molar-refractivity contribution in [2.24, 2.45) is 0 Å². The van der Waals surface area contributed by atoms with Gasteiger partial charge in [0.15, 0.2) is 0 Å². The van der Waals surface area contributed by atoms with E-state index in [1.165, 1.54) is 24.3 Å². The second kappa shape index (κ2) is 8.81. The number of halogens is 3. The Morgan fingerprint density at radius 1 is 1.03 bits per heavy atom. The SMILES string of the molecule is Cc1cc(NC(=O)CCNC(=O)c2ccccc2)n(-c2ccccc2C(F)(F)F)n1. The molecule has 0 saturated heterocycles. The maximum absolute atomic E-state index is 13.3. The van der Waals surface area contributed by atoms with E-state index in [0.717, 1.165) is 10.7 Å². The molecule has 0 aliphatic rings. The predicted octanol–water partition coefficient (Wildman–Crippen LogP) is 3.96. The first-order valence-electron chi connectivity index (χ1n) is 9.12. The zero-order chi connectivity index (χ0) is 21.7. The Hall–Kier alpha value is -3.62. The van der Waals surface area contributed by atoms with Gasteiger partial charge in [-0.05, 0) is 31.2 Å². The molecule has 0 unspecified atom stereocenters. The number of rotatable bonds is 6. The highest BCUT2D eigenvalue weighted by molar-refractivity contribution is 5.95. The lowest BCUT2D eigenvalue weighted by atomic mass is 10.1. The second-order valence-corrected chi connectivity index (χ2v) is 6.52. The van der Waals surface area contributed by atoms with E-state index in [2.05, 4.69) is 15.7 Å². The van der Waals surface area contributed by atoms with Crippen LogP contribution in [0.5, 0.6) is 0 Å². The van der Waals surface area contributed by atoms with Gasteiger partial charge in [-0.3, -0.25) is 9.59 Å². The summed E-state index contributed by atoms with van der Waals surface area (Å²) in [5.74, 6) is -0.666. The van der Waals surface area contributed by atoms with Crippen molar-refractivity contribution in [3.8, 4) is 5.69 Å². The summed E-state index contributed by atoms with van der Waals surface area (Å²) in [5.41, 5.74) is -0.139. The van der Waals surface area contributed by atoms with Crippen LogP contribution in [0.15, 0.2) is 60.7 Å². The highest BCUT2D eigenvalue weighted by Crippen LogP contribution is 2.34. The lowest BCUT2D eigenvalue weighted by molar-refractivity contribution is -0.137. The minimum Gasteiger partial charge on any atom is -0.352 e. The molecule has 3 rings (SSSR count). The van der Waals surface area contributed by atoms with Crippen LogP contribution < -0.4 is 10.6 Å². The van der Waals surface area contributed by atoms with E-state index in [1.54, 1.807) is 37.3 Å². The summed E-state index contributed by atoms with van der Waals surface area (Å²) in [6.45, 7) is 1.69. The van der Waals surface area contributed by atoms with Crippen LogP contribution in [0.4, 0.5) is 19.0 Å². The van der Waals surface area contributed by atoms with Gasteiger partial charge >= 0.3 is 6.18 Å². The number of carbonyl (C=O) groups is 2. The average molecular weight is 416 g/mol. The number of amides is 2. The molecule has 2 N–H and O–H groups in total.